The Morgan fingerprint density at radius 1 is 1.43 bits per heavy atom. The number of hydrogen-bond donors (Lipinski definition) is 1. The summed E-state index contributed by atoms with van der Waals surface area (Å²) < 4.78 is 1.59. The van der Waals surface area contributed by atoms with E-state index in [0.717, 1.165) is 11.3 Å². The molecule has 0 radical (unpaired) electrons. The zero-order valence-corrected chi connectivity index (χ0v) is 8.36. The van der Waals surface area contributed by atoms with E-state index in [1.807, 2.05) is 12.1 Å². The van der Waals surface area contributed by atoms with Crippen LogP contribution >= 0.6 is 11.6 Å². The minimum atomic E-state index is 0.474. The van der Waals surface area contributed by atoms with Gasteiger partial charge in [0.15, 0.2) is 0 Å². The number of pyridine rings is 1. The van der Waals surface area contributed by atoms with Crippen molar-refractivity contribution in [1.82, 2.24) is 14.8 Å². The van der Waals surface area contributed by atoms with Crippen LogP contribution in [0.4, 0.5) is 5.82 Å². The average Bonchev–Trinajstić information content (AvgIpc) is 2.48. The summed E-state index contributed by atoms with van der Waals surface area (Å²) in [5.41, 5.74) is 7.10. The van der Waals surface area contributed by atoms with E-state index < -0.39 is 0 Å². The van der Waals surface area contributed by atoms with Crippen LogP contribution in [0.5, 0.6) is 0 Å². The van der Waals surface area contributed by atoms with Crippen molar-refractivity contribution in [2.24, 2.45) is 7.05 Å². The fourth-order valence-corrected chi connectivity index (χ4v) is 1.39. The summed E-state index contributed by atoms with van der Waals surface area (Å²) in [5.74, 6) is 0.474. The molecule has 2 aromatic rings. The third-order valence-corrected chi connectivity index (χ3v) is 2.36. The Hall–Kier alpha value is -1.55. The van der Waals surface area contributed by atoms with Crippen LogP contribution < -0.4 is 5.73 Å². The van der Waals surface area contributed by atoms with Gasteiger partial charge in [0.05, 0.1) is 17.5 Å². The molecule has 0 unspecified atom stereocenters. The first kappa shape index (κ1) is 9.02. The Morgan fingerprint density at radius 3 is 2.79 bits per heavy atom. The number of nitrogens with zero attached hydrogens (tertiary/aromatic N) is 3. The van der Waals surface area contributed by atoms with Gasteiger partial charge < -0.3 is 5.73 Å². The van der Waals surface area contributed by atoms with Crippen molar-refractivity contribution in [3.8, 4) is 11.3 Å². The monoisotopic (exact) mass is 208 g/mol. The Kier molecular flexibility index (Phi) is 2.13. The van der Waals surface area contributed by atoms with Crippen LogP contribution in [-0.4, -0.2) is 14.8 Å². The minimum Gasteiger partial charge on any atom is -0.384 e. The number of nitrogen functional groups attached to an aromatic ring is 1. The smallest absolute Gasteiger partial charge is 0.136 e. The first-order chi connectivity index (χ1) is 6.68. The molecule has 0 saturated heterocycles. The van der Waals surface area contributed by atoms with E-state index in [2.05, 4.69) is 10.1 Å². The van der Waals surface area contributed by atoms with E-state index in [0.29, 0.717) is 11.0 Å². The van der Waals surface area contributed by atoms with Gasteiger partial charge in [0.1, 0.15) is 11.0 Å². The number of aryl methyl sites for hydroxylation is 1. The second kappa shape index (κ2) is 3.31. The molecule has 0 aromatic carbocycles. The van der Waals surface area contributed by atoms with Crippen molar-refractivity contribution in [2.75, 3.05) is 5.73 Å². The van der Waals surface area contributed by atoms with E-state index in [9.17, 15) is 0 Å². The molecule has 2 rings (SSSR count). The van der Waals surface area contributed by atoms with Gasteiger partial charge in [-0.15, -0.1) is 0 Å². The van der Waals surface area contributed by atoms with Gasteiger partial charge in [0, 0.05) is 7.05 Å². The summed E-state index contributed by atoms with van der Waals surface area (Å²) in [6, 6.07) is 5.41. The minimum absolute atomic E-state index is 0.474. The molecule has 0 spiro atoms. The number of anilines is 1. The molecule has 0 aliphatic heterocycles. The molecule has 0 amide bonds. The molecule has 0 atom stereocenters. The topological polar surface area (TPSA) is 56.7 Å². The highest BCUT2D eigenvalue weighted by Gasteiger charge is 2.08. The second-order valence-electron chi connectivity index (χ2n) is 2.92. The second-order valence-corrected chi connectivity index (χ2v) is 3.28. The predicted molar refractivity (Wildman–Crippen MR) is 55.9 cm³/mol. The van der Waals surface area contributed by atoms with Crippen LogP contribution in [0, 0.1) is 0 Å². The van der Waals surface area contributed by atoms with Crippen molar-refractivity contribution >= 4 is 17.4 Å². The first-order valence-electron chi connectivity index (χ1n) is 4.09. The quantitative estimate of drug-likeness (QED) is 0.777. The first-order valence-corrected chi connectivity index (χ1v) is 4.46. The molecule has 0 aliphatic carbocycles. The highest BCUT2D eigenvalue weighted by molar-refractivity contribution is 6.32. The SMILES string of the molecule is Cn1ncc(-c2cccc(N)n2)c1Cl. The molecule has 0 bridgehead atoms. The van der Waals surface area contributed by atoms with Crippen LogP contribution in [0.25, 0.3) is 11.3 Å². The number of halogens is 1. The number of hydrogen-bond acceptors (Lipinski definition) is 3. The summed E-state index contributed by atoms with van der Waals surface area (Å²) >= 11 is 6.02. The molecule has 0 fully saturated rings. The lowest BCUT2D eigenvalue weighted by Crippen LogP contribution is -1.92. The maximum absolute atomic E-state index is 6.02. The number of rotatable bonds is 1. The third-order valence-electron chi connectivity index (χ3n) is 1.91. The van der Waals surface area contributed by atoms with Gasteiger partial charge in [-0.2, -0.15) is 5.10 Å². The van der Waals surface area contributed by atoms with Gasteiger partial charge in [-0.25, -0.2) is 4.98 Å². The van der Waals surface area contributed by atoms with Crippen molar-refractivity contribution in [3.63, 3.8) is 0 Å². The van der Waals surface area contributed by atoms with Gasteiger partial charge in [-0.05, 0) is 12.1 Å². The number of nitrogens with two attached hydrogens (primary N) is 1. The van der Waals surface area contributed by atoms with E-state index >= 15 is 0 Å². The van der Waals surface area contributed by atoms with Gasteiger partial charge in [0.25, 0.3) is 0 Å². The highest BCUT2D eigenvalue weighted by atomic mass is 35.5. The molecule has 14 heavy (non-hydrogen) atoms. The Balaban J connectivity index is 2.55. The van der Waals surface area contributed by atoms with Gasteiger partial charge in [0.2, 0.25) is 0 Å². The van der Waals surface area contributed by atoms with Crippen LogP contribution in [0.15, 0.2) is 24.4 Å². The summed E-state index contributed by atoms with van der Waals surface area (Å²) in [6.07, 6.45) is 1.67. The summed E-state index contributed by atoms with van der Waals surface area (Å²) in [5, 5.41) is 4.58. The van der Waals surface area contributed by atoms with E-state index in [1.54, 1.807) is 24.0 Å². The highest BCUT2D eigenvalue weighted by Crippen LogP contribution is 2.25. The lowest BCUT2D eigenvalue weighted by atomic mass is 10.2. The Morgan fingerprint density at radius 2 is 2.21 bits per heavy atom. The maximum atomic E-state index is 6.02. The fraction of sp³-hybridized carbons (Fsp3) is 0.111. The van der Waals surface area contributed by atoms with Gasteiger partial charge >= 0.3 is 0 Å². The van der Waals surface area contributed by atoms with Crippen molar-refractivity contribution in [1.29, 1.82) is 0 Å². The zero-order valence-electron chi connectivity index (χ0n) is 7.61. The molecule has 5 heteroatoms. The van der Waals surface area contributed by atoms with Crippen LogP contribution in [0.3, 0.4) is 0 Å². The maximum Gasteiger partial charge on any atom is 0.136 e. The molecule has 4 nitrogen and oxygen atoms in total. The van der Waals surface area contributed by atoms with E-state index in [1.165, 1.54) is 0 Å². The summed E-state index contributed by atoms with van der Waals surface area (Å²) in [6.45, 7) is 0. The molecular weight excluding hydrogens is 200 g/mol. The van der Waals surface area contributed by atoms with Crippen molar-refractivity contribution < 1.29 is 0 Å². The lowest BCUT2D eigenvalue weighted by Gasteiger charge is -1.99. The molecule has 72 valence electrons. The zero-order chi connectivity index (χ0) is 10.1. The number of aromatic nitrogens is 3. The third kappa shape index (κ3) is 1.44. The van der Waals surface area contributed by atoms with Crippen molar-refractivity contribution in [2.45, 2.75) is 0 Å². The molecule has 0 aliphatic rings. The summed E-state index contributed by atoms with van der Waals surface area (Å²) in [4.78, 5) is 4.16. The standard InChI is InChI=1S/C9H9ClN4/c1-14-9(10)6(5-12-14)7-3-2-4-8(11)13-7/h2-5H,1H3,(H2,11,13). The van der Waals surface area contributed by atoms with Crippen LogP contribution in [0.1, 0.15) is 0 Å². The van der Waals surface area contributed by atoms with Gasteiger partial charge in [-0.3, -0.25) is 4.68 Å². The largest absolute Gasteiger partial charge is 0.384 e. The van der Waals surface area contributed by atoms with Crippen LogP contribution in [0.2, 0.25) is 5.15 Å². The lowest BCUT2D eigenvalue weighted by molar-refractivity contribution is 0.769. The average molecular weight is 209 g/mol. The van der Waals surface area contributed by atoms with Crippen molar-refractivity contribution in [3.05, 3.63) is 29.5 Å². The van der Waals surface area contributed by atoms with E-state index in [4.69, 9.17) is 17.3 Å². The Bertz CT molecular complexity index is 464. The predicted octanol–water partition coefficient (Wildman–Crippen LogP) is 1.72. The molecule has 2 heterocycles. The van der Waals surface area contributed by atoms with Gasteiger partial charge in [-0.1, -0.05) is 17.7 Å². The molecular formula is C9H9ClN4. The van der Waals surface area contributed by atoms with E-state index in [-0.39, 0.29) is 0 Å². The Labute approximate surface area is 86.3 Å². The molecule has 0 saturated carbocycles. The fourth-order valence-electron chi connectivity index (χ4n) is 1.20. The molecule has 2 N–H and O–H groups in total. The van der Waals surface area contributed by atoms with Crippen LogP contribution in [-0.2, 0) is 7.05 Å². The normalized spacial score (nSPS) is 10.4. The molecule has 2 aromatic heterocycles. The summed E-state index contributed by atoms with van der Waals surface area (Å²) in [7, 11) is 1.78.